The second kappa shape index (κ2) is 26.8. The van der Waals surface area contributed by atoms with Crippen LogP contribution in [0.3, 0.4) is 0 Å². The molecule has 0 fully saturated rings. The number of amides is 2. The lowest BCUT2D eigenvalue weighted by Crippen LogP contribution is -2.34. The fraction of sp³-hybridized carbons (Fsp3) is 0.600. The molecule has 286 valence electrons. The number of pyridine rings is 1. The number of alkyl carbamates (subject to hydrolysis) is 1. The van der Waals surface area contributed by atoms with E-state index < -0.39 is 17.7 Å². The van der Waals surface area contributed by atoms with Crippen LogP contribution in [0.1, 0.15) is 41.5 Å². The zero-order chi connectivity index (χ0) is 37.0. The third kappa shape index (κ3) is 22.5. The van der Waals surface area contributed by atoms with E-state index in [1.807, 2.05) is 20.8 Å². The van der Waals surface area contributed by atoms with Crippen LogP contribution in [0.4, 0.5) is 4.79 Å². The minimum atomic E-state index is -0.523. The van der Waals surface area contributed by atoms with E-state index >= 15 is 0 Å². The first kappa shape index (κ1) is 43.3. The third-order valence-electron chi connectivity index (χ3n) is 6.15. The van der Waals surface area contributed by atoms with Crippen molar-refractivity contribution in [1.29, 1.82) is 0 Å². The largest absolute Gasteiger partial charge is 0.465 e. The van der Waals surface area contributed by atoms with Gasteiger partial charge in [-0.15, -0.1) is 0 Å². The van der Waals surface area contributed by atoms with E-state index in [0.29, 0.717) is 122 Å². The maximum Gasteiger partial charge on any atom is 0.407 e. The molecule has 16 nitrogen and oxygen atoms in total. The molecule has 0 saturated heterocycles. The fourth-order valence-corrected chi connectivity index (χ4v) is 3.80. The smallest absolute Gasteiger partial charge is 0.407 e. The molecule has 0 unspecified atom stereocenters. The van der Waals surface area contributed by atoms with Gasteiger partial charge >= 0.3 is 12.1 Å². The Morgan fingerprint density at radius 1 is 0.627 bits per heavy atom. The molecule has 1 aromatic heterocycles. The van der Waals surface area contributed by atoms with E-state index in [2.05, 4.69) is 20.4 Å². The second-order valence-corrected chi connectivity index (χ2v) is 11.5. The van der Waals surface area contributed by atoms with Crippen LogP contribution in [0.2, 0.25) is 0 Å². The van der Waals surface area contributed by atoms with Crippen molar-refractivity contribution in [3.8, 4) is 11.6 Å². The first-order valence-corrected chi connectivity index (χ1v) is 16.8. The highest BCUT2D eigenvalue weighted by atomic mass is 16.6. The highest BCUT2D eigenvalue weighted by Crippen LogP contribution is 2.21. The highest BCUT2D eigenvalue weighted by molar-refractivity contribution is 5.94. The van der Waals surface area contributed by atoms with Crippen LogP contribution >= 0.6 is 0 Å². The van der Waals surface area contributed by atoms with Gasteiger partial charge in [0.05, 0.1) is 105 Å². The Kier molecular flexibility index (Phi) is 22.8. The highest BCUT2D eigenvalue weighted by Gasteiger charge is 2.15. The van der Waals surface area contributed by atoms with Crippen LogP contribution in [0.25, 0.3) is 0 Å². The van der Waals surface area contributed by atoms with Gasteiger partial charge in [0.15, 0.2) is 0 Å². The van der Waals surface area contributed by atoms with Crippen molar-refractivity contribution in [1.82, 2.24) is 15.6 Å². The summed E-state index contributed by atoms with van der Waals surface area (Å²) in [5, 5.41) is 5.42. The summed E-state index contributed by atoms with van der Waals surface area (Å²) in [5.41, 5.74) is 0.206. The molecular weight excluding hydrogens is 670 g/mol. The molecule has 2 amide bonds. The molecule has 2 N–H and O–H groups in total. The van der Waals surface area contributed by atoms with E-state index in [1.165, 1.54) is 13.3 Å². The van der Waals surface area contributed by atoms with Gasteiger partial charge in [0.25, 0.3) is 5.91 Å². The topological polar surface area (TPSA) is 180 Å². The normalized spacial score (nSPS) is 11.2. The number of rotatable bonds is 28. The van der Waals surface area contributed by atoms with Crippen molar-refractivity contribution in [2.45, 2.75) is 26.4 Å². The fourth-order valence-electron chi connectivity index (χ4n) is 3.80. The summed E-state index contributed by atoms with van der Waals surface area (Å²) in [4.78, 5) is 39.6. The maximum absolute atomic E-state index is 12.5. The van der Waals surface area contributed by atoms with Crippen LogP contribution < -0.4 is 15.4 Å². The molecule has 16 heteroatoms. The molecule has 51 heavy (non-hydrogen) atoms. The van der Waals surface area contributed by atoms with Gasteiger partial charge in [-0.3, -0.25) is 4.79 Å². The summed E-state index contributed by atoms with van der Waals surface area (Å²) in [6.07, 6.45) is 0.892. The van der Waals surface area contributed by atoms with Crippen LogP contribution in [0.5, 0.6) is 11.6 Å². The summed E-state index contributed by atoms with van der Waals surface area (Å²) < 4.78 is 53.7. The lowest BCUT2D eigenvalue weighted by Gasteiger charge is -2.19. The average Bonchev–Trinajstić information content (AvgIpc) is 3.10. The van der Waals surface area contributed by atoms with Gasteiger partial charge in [-0.25, -0.2) is 14.6 Å². The van der Waals surface area contributed by atoms with E-state index in [0.717, 1.165) is 0 Å². The molecule has 0 aliphatic rings. The predicted octanol–water partition coefficient (Wildman–Crippen LogP) is 3.03. The summed E-state index contributed by atoms with van der Waals surface area (Å²) in [6, 6.07) is 9.76. The number of carbonyl (C=O) groups is 3. The number of benzene rings is 1. The summed E-state index contributed by atoms with van der Waals surface area (Å²) in [6.45, 7) is 12.1. The predicted molar refractivity (Wildman–Crippen MR) is 184 cm³/mol. The first-order valence-electron chi connectivity index (χ1n) is 16.8. The average molecular weight is 724 g/mol. The minimum Gasteiger partial charge on any atom is -0.465 e. The lowest BCUT2D eigenvalue weighted by molar-refractivity contribution is -0.0203. The van der Waals surface area contributed by atoms with Gasteiger partial charge in [-0.2, -0.15) is 0 Å². The summed E-state index contributed by atoms with van der Waals surface area (Å²) in [7, 11) is 1.29. The molecule has 0 radical (unpaired) electrons. The number of methoxy groups -OCH3 is 1. The molecule has 2 aromatic rings. The Labute approximate surface area is 299 Å². The zero-order valence-electron chi connectivity index (χ0n) is 30.1. The molecule has 0 aliphatic heterocycles. The third-order valence-corrected chi connectivity index (χ3v) is 6.15. The van der Waals surface area contributed by atoms with Gasteiger partial charge in [-0.05, 0) is 45.0 Å². The molecule has 0 aliphatic carbocycles. The Hall–Kier alpha value is -3.90. The van der Waals surface area contributed by atoms with Crippen molar-refractivity contribution in [3.05, 3.63) is 53.7 Å². The summed E-state index contributed by atoms with van der Waals surface area (Å²) in [5.74, 6) is -0.0535. The number of nitrogens with zero attached hydrogens (tertiary/aromatic N) is 1. The summed E-state index contributed by atoms with van der Waals surface area (Å²) >= 11 is 0. The van der Waals surface area contributed by atoms with Gasteiger partial charge in [0.2, 0.25) is 5.88 Å². The van der Waals surface area contributed by atoms with Gasteiger partial charge in [0, 0.05) is 30.9 Å². The molecular formula is C35H53N3O13. The van der Waals surface area contributed by atoms with Crippen LogP contribution in [-0.4, -0.2) is 141 Å². The van der Waals surface area contributed by atoms with Crippen molar-refractivity contribution in [2.24, 2.45) is 0 Å². The van der Waals surface area contributed by atoms with Crippen LogP contribution in [-0.2, 0) is 42.6 Å². The number of hydrogen-bond acceptors (Lipinski definition) is 14. The Morgan fingerprint density at radius 3 is 1.57 bits per heavy atom. The van der Waals surface area contributed by atoms with E-state index in [9.17, 15) is 14.4 Å². The molecule has 2 rings (SSSR count). The lowest BCUT2D eigenvalue weighted by atomic mass is 10.2. The molecule has 0 bridgehead atoms. The van der Waals surface area contributed by atoms with Crippen LogP contribution in [0, 0.1) is 0 Å². The number of hydrogen-bond donors (Lipinski definition) is 2. The van der Waals surface area contributed by atoms with E-state index in [4.69, 9.17) is 42.6 Å². The van der Waals surface area contributed by atoms with E-state index in [-0.39, 0.29) is 11.8 Å². The van der Waals surface area contributed by atoms with Crippen LogP contribution in [0.15, 0.2) is 42.6 Å². The standard InChI is InChI=1S/C35H53N3O13/c1-35(2,3)51-34(41)37-11-13-44-15-17-46-19-21-48-23-25-49-24-22-47-20-18-45-16-14-43-12-10-36-32(39)28-6-5-7-30(26-28)50-31-9-8-29(27-38-31)33(40)42-4/h5-9,26-27H,10-25H2,1-4H3,(H,36,39)(H,37,41). The number of nitrogens with one attached hydrogen (secondary N) is 2. The first-order chi connectivity index (χ1) is 24.7. The molecule has 0 spiro atoms. The SMILES string of the molecule is COC(=O)c1ccc(Oc2cccc(C(=O)NCCOCCOCCOCCOCCOCCOCCOCCNC(=O)OC(C)(C)C)c2)nc1. The Morgan fingerprint density at radius 2 is 1.12 bits per heavy atom. The number of aromatic nitrogens is 1. The molecule has 1 aromatic carbocycles. The Balaban J connectivity index is 1.31. The van der Waals surface area contributed by atoms with Gasteiger partial charge < -0.3 is 58.0 Å². The monoisotopic (exact) mass is 723 g/mol. The zero-order valence-corrected chi connectivity index (χ0v) is 30.1. The number of esters is 1. The van der Waals surface area contributed by atoms with E-state index in [1.54, 1.807) is 36.4 Å². The van der Waals surface area contributed by atoms with Crippen molar-refractivity contribution < 1.29 is 61.8 Å². The van der Waals surface area contributed by atoms with Gasteiger partial charge in [0.1, 0.15) is 11.4 Å². The molecule has 0 saturated carbocycles. The second-order valence-electron chi connectivity index (χ2n) is 11.5. The Bertz CT molecular complexity index is 1240. The molecule has 1 heterocycles. The number of carbonyl (C=O) groups excluding carboxylic acids is 3. The quantitative estimate of drug-likeness (QED) is 0.0966. The van der Waals surface area contributed by atoms with Crippen molar-refractivity contribution in [3.63, 3.8) is 0 Å². The maximum atomic E-state index is 12.5. The molecule has 0 atom stereocenters. The number of ether oxygens (including phenoxy) is 10. The van der Waals surface area contributed by atoms with Crippen molar-refractivity contribution in [2.75, 3.05) is 113 Å². The van der Waals surface area contributed by atoms with Crippen molar-refractivity contribution >= 4 is 18.0 Å². The minimum absolute atomic E-state index is 0.268. The van der Waals surface area contributed by atoms with Gasteiger partial charge in [-0.1, -0.05) is 6.07 Å².